The van der Waals surface area contributed by atoms with Crippen molar-refractivity contribution in [3.8, 4) is 5.69 Å². The van der Waals surface area contributed by atoms with Gasteiger partial charge >= 0.3 is 5.97 Å². The Morgan fingerprint density at radius 2 is 2.10 bits per heavy atom. The number of nitrogens with zero attached hydrogens (tertiary/aromatic N) is 2. The number of rotatable bonds is 4. The Balaban J connectivity index is 2.04. The number of aromatic nitrogens is 2. The predicted octanol–water partition coefficient (Wildman–Crippen LogP) is 3.96. The lowest BCUT2D eigenvalue weighted by Crippen LogP contribution is -2.03. The molecular formula is C16H16N2O2S. The van der Waals surface area contributed by atoms with Crippen LogP contribution in [0.2, 0.25) is 0 Å². The quantitative estimate of drug-likeness (QED) is 0.685. The lowest BCUT2D eigenvalue weighted by atomic mass is 10.3. The van der Waals surface area contributed by atoms with Gasteiger partial charge in [0, 0.05) is 5.39 Å². The Hall–Kier alpha value is -2.14. The van der Waals surface area contributed by atoms with E-state index in [1.54, 1.807) is 0 Å². The standard InChI is InChI=1S/C16H16N2O2S/c1-3-9-20-16(19)14-10-13-11(2)17-18(15(13)21-14)12-7-5-4-6-8-12/h4-8,10H,3,9H2,1-2H3. The molecule has 0 saturated heterocycles. The van der Waals surface area contributed by atoms with Crippen LogP contribution in [-0.4, -0.2) is 22.4 Å². The van der Waals surface area contributed by atoms with Crippen LogP contribution in [0.15, 0.2) is 36.4 Å². The van der Waals surface area contributed by atoms with Gasteiger partial charge in [0.05, 0.1) is 18.0 Å². The maximum absolute atomic E-state index is 12.0. The Labute approximate surface area is 127 Å². The molecular weight excluding hydrogens is 284 g/mol. The van der Waals surface area contributed by atoms with Crippen molar-refractivity contribution in [3.63, 3.8) is 0 Å². The smallest absolute Gasteiger partial charge is 0.348 e. The first kappa shape index (κ1) is 13.8. The highest BCUT2D eigenvalue weighted by Crippen LogP contribution is 2.30. The number of esters is 1. The van der Waals surface area contributed by atoms with E-state index in [0.717, 1.165) is 28.0 Å². The molecule has 0 aliphatic rings. The average Bonchev–Trinajstić information content (AvgIpc) is 3.07. The fourth-order valence-corrected chi connectivity index (χ4v) is 3.23. The molecule has 0 aliphatic heterocycles. The van der Waals surface area contributed by atoms with E-state index in [9.17, 15) is 4.79 Å². The zero-order chi connectivity index (χ0) is 14.8. The summed E-state index contributed by atoms with van der Waals surface area (Å²) >= 11 is 1.42. The molecule has 4 nitrogen and oxygen atoms in total. The summed E-state index contributed by atoms with van der Waals surface area (Å²) in [6, 6.07) is 11.8. The van der Waals surface area contributed by atoms with Gasteiger partial charge in [-0.2, -0.15) is 5.10 Å². The van der Waals surface area contributed by atoms with Gasteiger partial charge in [0.2, 0.25) is 0 Å². The van der Waals surface area contributed by atoms with Crippen molar-refractivity contribution in [2.24, 2.45) is 0 Å². The van der Waals surface area contributed by atoms with E-state index in [0.29, 0.717) is 11.5 Å². The highest BCUT2D eigenvalue weighted by molar-refractivity contribution is 7.20. The summed E-state index contributed by atoms with van der Waals surface area (Å²) in [7, 11) is 0. The number of para-hydroxylation sites is 1. The van der Waals surface area contributed by atoms with Crippen LogP contribution in [0.25, 0.3) is 15.9 Å². The number of hydrogen-bond acceptors (Lipinski definition) is 4. The maximum atomic E-state index is 12.0. The van der Waals surface area contributed by atoms with Gasteiger partial charge in [-0.1, -0.05) is 25.1 Å². The molecule has 0 aliphatic carbocycles. The second-order valence-corrected chi connectivity index (χ2v) is 5.83. The van der Waals surface area contributed by atoms with Crippen LogP contribution >= 0.6 is 11.3 Å². The Bertz CT molecular complexity index is 774. The second-order valence-electron chi connectivity index (χ2n) is 4.80. The van der Waals surface area contributed by atoms with Gasteiger partial charge < -0.3 is 4.74 Å². The summed E-state index contributed by atoms with van der Waals surface area (Å²) < 4.78 is 7.08. The molecule has 0 N–H and O–H groups in total. The van der Waals surface area contributed by atoms with E-state index in [1.807, 2.05) is 54.9 Å². The summed E-state index contributed by atoms with van der Waals surface area (Å²) in [5.41, 5.74) is 1.91. The number of fused-ring (bicyclic) bond motifs is 1. The summed E-state index contributed by atoms with van der Waals surface area (Å²) in [5, 5.41) is 5.56. The van der Waals surface area contributed by atoms with Gasteiger partial charge in [-0.05, 0) is 31.5 Å². The Morgan fingerprint density at radius 3 is 2.81 bits per heavy atom. The molecule has 0 unspecified atom stereocenters. The van der Waals surface area contributed by atoms with E-state index >= 15 is 0 Å². The van der Waals surface area contributed by atoms with Crippen LogP contribution < -0.4 is 0 Å². The van der Waals surface area contributed by atoms with Gasteiger partial charge in [0.25, 0.3) is 0 Å². The van der Waals surface area contributed by atoms with Crippen molar-refractivity contribution >= 4 is 27.5 Å². The number of ether oxygens (including phenoxy) is 1. The molecule has 108 valence electrons. The highest BCUT2D eigenvalue weighted by atomic mass is 32.1. The van der Waals surface area contributed by atoms with Crippen LogP contribution in [0.5, 0.6) is 0 Å². The monoisotopic (exact) mass is 300 g/mol. The lowest BCUT2D eigenvalue weighted by molar-refractivity contribution is 0.0511. The molecule has 2 aromatic heterocycles. The third-order valence-electron chi connectivity index (χ3n) is 3.18. The molecule has 0 fully saturated rings. The van der Waals surface area contributed by atoms with Crippen LogP contribution in [-0.2, 0) is 4.74 Å². The molecule has 0 radical (unpaired) electrons. The zero-order valence-electron chi connectivity index (χ0n) is 12.0. The van der Waals surface area contributed by atoms with Crippen molar-refractivity contribution in [1.29, 1.82) is 0 Å². The van der Waals surface area contributed by atoms with E-state index in [-0.39, 0.29) is 5.97 Å². The highest BCUT2D eigenvalue weighted by Gasteiger charge is 2.17. The molecule has 2 heterocycles. The van der Waals surface area contributed by atoms with Crippen LogP contribution in [0.3, 0.4) is 0 Å². The summed E-state index contributed by atoms with van der Waals surface area (Å²) in [6.45, 7) is 4.39. The fraction of sp³-hybridized carbons (Fsp3) is 0.250. The number of aryl methyl sites for hydroxylation is 1. The number of hydrogen-bond donors (Lipinski definition) is 0. The zero-order valence-corrected chi connectivity index (χ0v) is 12.8. The van der Waals surface area contributed by atoms with Crippen molar-refractivity contribution in [1.82, 2.24) is 9.78 Å². The molecule has 0 bridgehead atoms. The largest absolute Gasteiger partial charge is 0.462 e. The summed E-state index contributed by atoms with van der Waals surface area (Å²) in [4.78, 5) is 13.6. The first-order valence-corrected chi connectivity index (χ1v) is 7.74. The van der Waals surface area contributed by atoms with Crippen molar-refractivity contribution in [2.45, 2.75) is 20.3 Å². The van der Waals surface area contributed by atoms with E-state index < -0.39 is 0 Å². The Kier molecular flexibility index (Phi) is 3.75. The molecule has 3 aromatic rings. The molecule has 1 aromatic carbocycles. The fourth-order valence-electron chi connectivity index (χ4n) is 2.16. The number of carbonyl (C=O) groups excluding carboxylic acids is 1. The molecule has 0 atom stereocenters. The van der Waals surface area contributed by atoms with Gasteiger partial charge in [-0.15, -0.1) is 11.3 Å². The van der Waals surface area contributed by atoms with Crippen LogP contribution in [0.1, 0.15) is 28.7 Å². The average molecular weight is 300 g/mol. The minimum atomic E-state index is -0.253. The second kappa shape index (κ2) is 5.69. The summed E-state index contributed by atoms with van der Waals surface area (Å²) in [5.74, 6) is -0.253. The molecule has 0 amide bonds. The van der Waals surface area contributed by atoms with Crippen LogP contribution in [0, 0.1) is 6.92 Å². The maximum Gasteiger partial charge on any atom is 0.348 e. The van der Waals surface area contributed by atoms with Crippen molar-refractivity contribution in [3.05, 3.63) is 47.0 Å². The molecule has 5 heteroatoms. The normalized spacial score (nSPS) is 11.0. The third kappa shape index (κ3) is 2.56. The topological polar surface area (TPSA) is 44.1 Å². The van der Waals surface area contributed by atoms with Gasteiger partial charge in [-0.25, -0.2) is 9.48 Å². The number of carbonyl (C=O) groups is 1. The van der Waals surface area contributed by atoms with Gasteiger partial charge in [0.1, 0.15) is 9.71 Å². The predicted molar refractivity (Wildman–Crippen MR) is 84.3 cm³/mol. The SMILES string of the molecule is CCCOC(=O)c1cc2c(C)nn(-c3ccccc3)c2s1. The summed E-state index contributed by atoms with van der Waals surface area (Å²) in [6.07, 6.45) is 0.827. The van der Waals surface area contributed by atoms with Crippen molar-refractivity contribution in [2.75, 3.05) is 6.61 Å². The minimum absolute atomic E-state index is 0.253. The molecule has 3 rings (SSSR count). The van der Waals surface area contributed by atoms with Crippen molar-refractivity contribution < 1.29 is 9.53 Å². The van der Waals surface area contributed by atoms with Gasteiger partial charge in [-0.3, -0.25) is 0 Å². The number of benzene rings is 1. The van der Waals surface area contributed by atoms with E-state index in [1.165, 1.54) is 11.3 Å². The molecule has 0 spiro atoms. The van der Waals surface area contributed by atoms with Crippen LogP contribution in [0.4, 0.5) is 0 Å². The molecule has 21 heavy (non-hydrogen) atoms. The minimum Gasteiger partial charge on any atom is -0.462 e. The van der Waals surface area contributed by atoms with E-state index in [4.69, 9.17) is 4.74 Å². The third-order valence-corrected chi connectivity index (χ3v) is 4.27. The first-order valence-electron chi connectivity index (χ1n) is 6.92. The molecule has 0 saturated carbocycles. The van der Waals surface area contributed by atoms with Gasteiger partial charge in [0.15, 0.2) is 0 Å². The lowest BCUT2D eigenvalue weighted by Gasteiger charge is -2.01. The number of thiophene rings is 1. The first-order chi connectivity index (χ1) is 10.2. The Morgan fingerprint density at radius 1 is 1.33 bits per heavy atom. The van der Waals surface area contributed by atoms with E-state index in [2.05, 4.69) is 5.10 Å².